The van der Waals surface area contributed by atoms with Crippen LogP contribution in [0.4, 0.5) is 23.8 Å². The van der Waals surface area contributed by atoms with Gasteiger partial charge in [0.2, 0.25) is 23.8 Å². The Hall–Kier alpha value is -4.56. The van der Waals surface area contributed by atoms with Gasteiger partial charge in [0.1, 0.15) is 0 Å². The van der Waals surface area contributed by atoms with E-state index in [0.717, 1.165) is 9.36 Å². The number of nitrogens with zero attached hydrogens (tertiary/aromatic N) is 16. The van der Waals surface area contributed by atoms with Crippen LogP contribution < -0.4 is 11.5 Å². The summed E-state index contributed by atoms with van der Waals surface area (Å²) >= 11 is 0. The van der Waals surface area contributed by atoms with Gasteiger partial charge in [-0.25, -0.2) is 0 Å². The number of hydrogen-bond acceptors (Lipinski definition) is 12. The highest BCUT2D eigenvalue weighted by Crippen LogP contribution is 2.16. The molecule has 0 atom stereocenters. The maximum Gasteiger partial charge on any atom is 0.291 e. The number of azide groups is 2. The molecule has 0 spiro atoms. The molecule has 0 radical (unpaired) electrons. The fourth-order valence-corrected chi connectivity index (χ4v) is 1.50. The zero-order chi connectivity index (χ0) is 17.1. The molecule has 118 valence electrons. The quantitative estimate of drug-likeness (QED) is 0.351. The highest BCUT2D eigenvalue weighted by molar-refractivity contribution is 5.33. The molecule has 0 aliphatic rings. The smallest absolute Gasteiger partial charge is 0.291 e. The summed E-state index contributed by atoms with van der Waals surface area (Å²) in [5.41, 5.74) is 27.8. The lowest BCUT2D eigenvalue weighted by atomic mass is 10.9. The van der Waals surface area contributed by atoms with Crippen LogP contribution in [-0.2, 0) is 0 Å². The van der Waals surface area contributed by atoms with Gasteiger partial charge in [-0.1, -0.05) is 0 Å². The molecule has 4 N–H and O–H groups in total. The van der Waals surface area contributed by atoms with E-state index in [0.29, 0.717) is 0 Å². The molecule has 0 amide bonds. The first-order valence-electron chi connectivity index (χ1n) is 5.76. The van der Waals surface area contributed by atoms with Crippen molar-refractivity contribution in [2.75, 3.05) is 11.5 Å². The molecule has 0 saturated carbocycles. The summed E-state index contributed by atoms with van der Waals surface area (Å²) in [6, 6.07) is 0. The van der Waals surface area contributed by atoms with Crippen molar-refractivity contribution in [2.45, 2.75) is 0 Å². The lowest BCUT2D eigenvalue weighted by molar-refractivity contribution is 0.682. The highest BCUT2D eigenvalue weighted by atomic mass is 15.6. The van der Waals surface area contributed by atoms with Crippen LogP contribution in [0.2, 0.25) is 0 Å². The molecule has 3 aromatic heterocycles. The molecule has 0 saturated heterocycles. The molecule has 0 bridgehead atoms. The normalized spacial score (nSPS) is 10.0. The number of aromatic nitrogens is 10. The van der Waals surface area contributed by atoms with Crippen LogP contribution in [0.5, 0.6) is 0 Å². The van der Waals surface area contributed by atoms with Crippen LogP contribution in [-0.4, -0.2) is 49.9 Å². The first kappa shape index (κ1) is 14.4. The predicted molar refractivity (Wildman–Crippen MR) is 73.9 cm³/mol. The second-order valence-corrected chi connectivity index (χ2v) is 3.74. The van der Waals surface area contributed by atoms with E-state index in [2.05, 4.69) is 60.6 Å². The van der Waals surface area contributed by atoms with Crippen molar-refractivity contribution >= 4 is 23.8 Å². The van der Waals surface area contributed by atoms with Crippen LogP contribution >= 0.6 is 0 Å². The van der Waals surface area contributed by atoms with Crippen molar-refractivity contribution in [3.63, 3.8) is 0 Å². The van der Waals surface area contributed by atoms with Crippen LogP contribution in [0.25, 0.3) is 32.8 Å². The maximum atomic E-state index is 8.47. The maximum absolute atomic E-state index is 8.47. The summed E-state index contributed by atoms with van der Waals surface area (Å²) in [6.07, 6.45) is 0. The Morgan fingerprint density at radius 3 is 1.46 bits per heavy atom. The van der Waals surface area contributed by atoms with Gasteiger partial charge in [0.15, 0.2) is 0 Å². The van der Waals surface area contributed by atoms with Gasteiger partial charge in [-0.05, 0) is 21.3 Å². The second-order valence-electron chi connectivity index (χ2n) is 3.74. The van der Waals surface area contributed by atoms with Crippen molar-refractivity contribution in [2.24, 2.45) is 10.2 Å². The van der Waals surface area contributed by atoms with Crippen molar-refractivity contribution in [1.29, 1.82) is 0 Å². The molecule has 18 heteroatoms. The zero-order valence-corrected chi connectivity index (χ0v) is 11.3. The SMILES string of the molecule is [N-]=[N+]=Nc1nc(N)nn1-c1nnc(-n2nc(N)nc2N=[N+]=[N-])nn1. The van der Waals surface area contributed by atoms with Crippen LogP contribution in [0, 0.1) is 0 Å². The van der Waals surface area contributed by atoms with E-state index in [1.807, 2.05) is 0 Å². The molecular formula is C6H4N18. The van der Waals surface area contributed by atoms with Gasteiger partial charge in [0.25, 0.3) is 11.9 Å². The molecule has 3 aromatic rings. The molecule has 0 aliphatic heterocycles. The van der Waals surface area contributed by atoms with E-state index in [1.54, 1.807) is 0 Å². The summed E-state index contributed by atoms with van der Waals surface area (Å²) in [6.45, 7) is 0. The van der Waals surface area contributed by atoms with Gasteiger partial charge in [-0.15, -0.1) is 30.6 Å². The Balaban J connectivity index is 2.03. The van der Waals surface area contributed by atoms with Crippen LogP contribution in [0.3, 0.4) is 0 Å². The van der Waals surface area contributed by atoms with Gasteiger partial charge in [-0.3, -0.25) is 0 Å². The molecule has 24 heavy (non-hydrogen) atoms. The van der Waals surface area contributed by atoms with E-state index >= 15 is 0 Å². The Bertz CT molecular complexity index is 896. The minimum Gasteiger partial charge on any atom is -0.366 e. The van der Waals surface area contributed by atoms with E-state index in [-0.39, 0.29) is 35.7 Å². The van der Waals surface area contributed by atoms with Crippen molar-refractivity contribution in [1.82, 2.24) is 49.9 Å². The standard InChI is InChI=1S/C6H4N18/c7-1-11-3(17-21-9)23(19-1)5-13-15-6(16-14-5)24-4(18-22-10)12-2(8)20-24/h(H2,7,19)(H2,8,20). The topological polar surface area (TPSA) is 263 Å². The number of anilines is 2. The molecule has 0 fully saturated rings. The first-order chi connectivity index (χ1) is 11.6. The Morgan fingerprint density at radius 1 is 0.750 bits per heavy atom. The highest BCUT2D eigenvalue weighted by Gasteiger charge is 2.15. The molecule has 0 aliphatic carbocycles. The first-order valence-corrected chi connectivity index (χ1v) is 5.76. The fraction of sp³-hybridized carbons (Fsp3) is 0. The molecule has 3 heterocycles. The summed E-state index contributed by atoms with van der Waals surface area (Å²) in [5.74, 6) is -1.09. The minimum absolute atomic E-state index is 0.167. The average Bonchev–Trinajstić information content (AvgIpc) is 3.11. The summed E-state index contributed by atoms with van der Waals surface area (Å²) in [4.78, 5) is 12.5. The van der Waals surface area contributed by atoms with Crippen molar-refractivity contribution < 1.29 is 0 Å². The van der Waals surface area contributed by atoms with E-state index in [1.165, 1.54) is 0 Å². The summed E-state index contributed by atoms with van der Waals surface area (Å²) in [5, 5.41) is 29.0. The number of hydrogen-bond donors (Lipinski definition) is 2. The van der Waals surface area contributed by atoms with E-state index < -0.39 is 0 Å². The average molecular weight is 328 g/mol. The Morgan fingerprint density at radius 2 is 1.12 bits per heavy atom. The lowest BCUT2D eigenvalue weighted by Gasteiger charge is -2.00. The van der Waals surface area contributed by atoms with Crippen molar-refractivity contribution in [3.05, 3.63) is 20.9 Å². The van der Waals surface area contributed by atoms with Gasteiger partial charge < -0.3 is 11.5 Å². The molecule has 0 aromatic carbocycles. The lowest BCUT2D eigenvalue weighted by Crippen LogP contribution is -2.11. The van der Waals surface area contributed by atoms with Crippen molar-refractivity contribution in [3.8, 4) is 11.9 Å². The monoisotopic (exact) mass is 328 g/mol. The fourth-order valence-electron chi connectivity index (χ4n) is 1.50. The molecule has 0 unspecified atom stereocenters. The predicted octanol–water partition coefficient (Wildman–Crippen LogP) is -0.524. The van der Waals surface area contributed by atoms with Crippen LogP contribution in [0.15, 0.2) is 10.2 Å². The number of nitrogen functional groups attached to an aromatic ring is 2. The van der Waals surface area contributed by atoms with Gasteiger partial charge in [-0.2, -0.15) is 19.3 Å². The van der Waals surface area contributed by atoms with Gasteiger partial charge in [0, 0.05) is 9.82 Å². The summed E-state index contributed by atoms with van der Waals surface area (Å²) in [7, 11) is 0. The van der Waals surface area contributed by atoms with E-state index in [9.17, 15) is 0 Å². The second kappa shape index (κ2) is 5.67. The third-order valence-electron chi connectivity index (χ3n) is 2.32. The largest absolute Gasteiger partial charge is 0.366 e. The Kier molecular flexibility index (Phi) is 3.40. The number of nitrogens with two attached hydrogens (primary N) is 2. The minimum atomic E-state index is -0.203. The molecular weight excluding hydrogens is 324 g/mol. The van der Waals surface area contributed by atoms with Crippen LogP contribution in [0.1, 0.15) is 0 Å². The van der Waals surface area contributed by atoms with Gasteiger partial charge in [0.05, 0.1) is 0 Å². The third kappa shape index (κ3) is 2.50. The molecule has 3 rings (SSSR count). The van der Waals surface area contributed by atoms with E-state index in [4.69, 9.17) is 22.5 Å². The summed E-state index contributed by atoms with van der Waals surface area (Å²) < 4.78 is 1.87. The molecule has 18 nitrogen and oxygen atoms in total. The third-order valence-corrected chi connectivity index (χ3v) is 2.32. The zero-order valence-electron chi connectivity index (χ0n) is 11.3. The van der Waals surface area contributed by atoms with Gasteiger partial charge >= 0.3 is 0 Å². The number of rotatable bonds is 4. The Labute approximate surface area is 129 Å².